The summed E-state index contributed by atoms with van der Waals surface area (Å²) in [5.41, 5.74) is 0. The molecule has 0 aromatic carbocycles. The molecule has 0 aromatic heterocycles. The van der Waals surface area contributed by atoms with Crippen LogP contribution in [0.25, 0.3) is 0 Å². The fraction of sp³-hybridized carbons (Fsp3) is 0. The molecule has 0 saturated heterocycles. The van der Waals surface area contributed by atoms with Gasteiger partial charge in [-0.3, -0.25) is 4.70 Å². The van der Waals surface area contributed by atoms with E-state index in [2.05, 4.69) is 0 Å². The summed E-state index contributed by atoms with van der Waals surface area (Å²) in [6, 6.07) is 0. The van der Waals surface area contributed by atoms with Crippen molar-refractivity contribution in [3.05, 3.63) is 0 Å². The third-order valence-electron chi connectivity index (χ3n) is 0. The number of hydrogen-bond acceptors (Lipinski definition) is 0. The summed E-state index contributed by atoms with van der Waals surface area (Å²) in [4.78, 5) is 0. The van der Waals surface area contributed by atoms with Gasteiger partial charge in [-0.25, -0.2) is 0 Å². The van der Waals surface area contributed by atoms with Gasteiger partial charge in [0.1, 0.15) is 0 Å². The van der Waals surface area contributed by atoms with Crippen molar-refractivity contribution in [2.45, 2.75) is 0 Å². The molecule has 0 fully saturated rings. The van der Waals surface area contributed by atoms with E-state index in [0.29, 0.717) is 0 Å². The molecule has 0 unspecified atom stereocenters. The molecule has 0 aromatic rings. The first-order valence-electron chi connectivity index (χ1n) is 0.845. The van der Waals surface area contributed by atoms with Crippen molar-refractivity contribution < 1.29 is 22.0 Å². The van der Waals surface area contributed by atoms with E-state index in [4.69, 9.17) is 0 Å². The van der Waals surface area contributed by atoms with Crippen LogP contribution in [0.1, 0.15) is 0 Å². The van der Waals surface area contributed by atoms with Crippen LogP contribution >= 0.6 is 0 Å². The van der Waals surface area contributed by atoms with Crippen LogP contribution in [0.5, 0.6) is 0 Å². The van der Waals surface area contributed by atoms with Gasteiger partial charge in [0.25, 0.3) is 0 Å². The molecular formula is HAsF6. The van der Waals surface area contributed by atoms with Gasteiger partial charge in [0.2, 0.25) is 0 Å². The topological polar surface area (TPSA) is 0 Å². The Morgan fingerprint density at radius 1 is 0.714 bits per heavy atom. The molecule has 0 aliphatic heterocycles. The van der Waals surface area contributed by atoms with E-state index in [9.17, 15) is 17.3 Å². The second-order valence-electron chi connectivity index (χ2n) is 0.639. The van der Waals surface area contributed by atoms with E-state index in [0.717, 1.165) is 0 Å². The summed E-state index contributed by atoms with van der Waals surface area (Å²) in [5.74, 6) is 0. The van der Waals surface area contributed by atoms with Gasteiger partial charge in [-0.05, 0) is 0 Å². The Morgan fingerprint density at radius 3 is 0.714 bits per heavy atom. The van der Waals surface area contributed by atoms with Gasteiger partial charge in [0.05, 0.1) is 0 Å². The van der Waals surface area contributed by atoms with Gasteiger partial charge in [-0.15, -0.1) is 0 Å². The zero-order chi connectivity index (χ0) is 5.45. The van der Waals surface area contributed by atoms with Crippen molar-refractivity contribution in [3.8, 4) is 0 Å². The van der Waals surface area contributed by atoms with Crippen LogP contribution in [0.4, 0.5) is 22.0 Å². The van der Waals surface area contributed by atoms with E-state index < -0.39 is 14.8 Å². The summed E-state index contributed by atoms with van der Waals surface area (Å²) in [6.07, 6.45) is 0. The molecule has 0 bridgehead atoms. The standard InChI is InChI=1S/AsF5.FH/c2-1(3,4,5)6;/h;1H. The van der Waals surface area contributed by atoms with Crippen molar-refractivity contribution in [1.82, 2.24) is 0 Å². The van der Waals surface area contributed by atoms with Gasteiger partial charge in [0, 0.05) is 0 Å². The molecule has 0 heterocycles. The average Bonchev–Trinajstić information content (AvgIpc) is 0.650. The van der Waals surface area contributed by atoms with Crippen LogP contribution in [0.2, 0.25) is 0 Å². The summed E-state index contributed by atoms with van der Waals surface area (Å²) in [7, 11) is 0. The van der Waals surface area contributed by atoms with Crippen molar-refractivity contribution in [2.24, 2.45) is 0 Å². The molecule has 0 aliphatic rings. The van der Waals surface area contributed by atoms with Crippen molar-refractivity contribution in [1.29, 1.82) is 0 Å². The van der Waals surface area contributed by atoms with E-state index >= 15 is 0 Å². The maximum absolute atomic E-state index is 9.89. The summed E-state index contributed by atoms with van der Waals surface area (Å²) in [5, 5.41) is 0. The van der Waals surface area contributed by atoms with Crippen molar-refractivity contribution in [3.63, 3.8) is 0 Å². The Hall–Kier alpha value is 0.138. The fourth-order valence-electron chi connectivity index (χ4n) is 0. The van der Waals surface area contributed by atoms with E-state index in [1.807, 2.05) is 0 Å². The van der Waals surface area contributed by atoms with E-state index in [1.165, 1.54) is 0 Å². The minimum atomic E-state index is -8.99. The molecule has 0 atom stereocenters. The van der Waals surface area contributed by atoms with Crippen LogP contribution in [-0.2, 0) is 0 Å². The predicted octanol–water partition coefficient (Wildman–Crippen LogP) is 1.87. The normalized spacial score (nSPS) is 16.4. The summed E-state index contributed by atoms with van der Waals surface area (Å²) in [6.45, 7) is 0. The summed E-state index contributed by atoms with van der Waals surface area (Å²) >= 11 is -8.99. The van der Waals surface area contributed by atoms with E-state index in [1.54, 1.807) is 0 Å². The Kier molecular flexibility index (Phi) is 2.29. The SMILES string of the molecule is F.F[As](F)(F)(F)F. The molecule has 0 N–H and O–H groups in total. The molecule has 0 aliphatic carbocycles. The maximum atomic E-state index is 9.89. The Labute approximate surface area is 37.8 Å². The number of hydrogen-bond donors (Lipinski definition) is 0. The van der Waals surface area contributed by atoms with Crippen LogP contribution < -0.4 is 0 Å². The van der Waals surface area contributed by atoms with Gasteiger partial charge < -0.3 is 0 Å². The van der Waals surface area contributed by atoms with Gasteiger partial charge >= 0.3 is 32.1 Å². The second kappa shape index (κ2) is 1.58. The van der Waals surface area contributed by atoms with Gasteiger partial charge in [0.15, 0.2) is 0 Å². The van der Waals surface area contributed by atoms with Gasteiger partial charge in [-0.1, -0.05) is 0 Å². The summed E-state index contributed by atoms with van der Waals surface area (Å²) < 4.78 is 49.4. The Morgan fingerprint density at radius 2 is 0.714 bits per heavy atom. The third kappa shape index (κ3) is 5490. The third-order valence-corrected chi connectivity index (χ3v) is 0. The Bertz CT molecular complexity index is 37.4. The molecule has 7 heavy (non-hydrogen) atoms. The number of rotatable bonds is 0. The minimum absolute atomic E-state index is 0. The van der Waals surface area contributed by atoms with Crippen molar-refractivity contribution >= 4 is 14.8 Å². The quantitative estimate of drug-likeness (QED) is 0.404. The zero-order valence-corrected chi connectivity index (χ0v) is 4.62. The Balaban J connectivity index is 0. The van der Waals surface area contributed by atoms with Crippen molar-refractivity contribution in [2.75, 3.05) is 0 Å². The monoisotopic (exact) mass is 190 g/mol. The van der Waals surface area contributed by atoms with Crippen LogP contribution in [0, 0.1) is 0 Å². The predicted molar refractivity (Wildman–Crippen MR) is 13.8 cm³/mol. The first-order valence-corrected chi connectivity index (χ1v) is 4.39. The molecule has 0 amide bonds. The molecule has 0 radical (unpaired) electrons. The molecule has 7 heteroatoms. The second-order valence-corrected chi connectivity index (χ2v) is 3.32. The average molecular weight is 190 g/mol. The zero-order valence-electron chi connectivity index (χ0n) is 2.75. The molecule has 0 saturated carbocycles. The van der Waals surface area contributed by atoms with Crippen LogP contribution in [0.15, 0.2) is 0 Å². The van der Waals surface area contributed by atoms with E-state index in [-0.39, 0.29) is 4.70 Å². The fourth-order valence-corrected chi connectivity index (χ4v) is 0. The molecule has 0 spiro atoms. The first-order chi connectivity index (χ1) is 2.24. The first kappa shape index (κ1) is 10.2. The van der Waals surface area contributed by atoms with Crippen LogP contribution in [-0.4, -0.2) is 14.8 Å². The van der Waals surface area contributed by atoms with Crippen LogP contribution in [0.3, 0.4) is 0 Å². The number of halogens is 6. The molecule has 0 rings (SSSR count). The molecule has 48 valence electrons. The van der Waals surface area contributed by atoms with Gasteiger partial charge in [-0.2, -0.15) is 0 Å². The molecular weight excluding hydrogens is 189 g/mol. The molecule has 0 nitrogen and oxygen atoms in total.